The number of carbonyl (C=O) groups excluding carboxylic acids is 2. The predicted octanol–water partition coefficient (Wildman–Crippen LogP) is 4.73. The van der Waals surface area contributed by atoms with Gasteiger partial charge in [0, 0.05) is 37.6 Å². The monoisotopic (exact) mass is 608 g/mol. The average Bonchev–Trinajstić information content (AvgIpc) is 3.73. The molecule has 0 N–H and O–H groups in total. The summed E-state index contributed by atoms with van der Waals surface area (Å²) in [6, 6.07) is 8.07. The molecule has 0 radical (unpaired) electrons. The molecule has 232 valence electrons. The van der Waals surface area contributed by atoms with Crippen LogP contribution in [0.4, 0.5) is 13.2 Å². The third-order valence-corrected chi connectivity index (χ3v) is 10.6. The van der Waals surface area contributed by atoms with Crippen molar-refractivity contribution in [3.05, 3.63) is 58.7 Å². The molecule has 1 saturated heterocycles. The number of nitrogens with zero attached hydrogens (tertiary/aromatic N) is 2. The molecule has 3 fully saturated rings. The number of carbonyl (C=O) groups is 2. The fourth-order valence-corrected chi connectivity index (χ4v) is 8.54. The van der Waals surface area contributed by atoms with E-state index in [2.05, 4.69) is 22.8 Å². The number of hydrogen-bond acceptors (Lipinski definition) is 6. The number of benzene rings is 2. The molecule has 2 saturated carbocycles. The summed E-state index contributed by atoms with van der Waals surface area (Å²) in [5.74, 6) is 6.50. The van der Waals surface area contributed by atoms with Crippen LogP contribution in [0.25, 0.3) is 0 Å². The van der Waals surface area contributed by atoms with Crippen molar-refractivity contribution in [2.45, 2.75) is 80.8 Å². The van der Waals surface area contributed by atoms with Gasteiger partial charge in [0.05, 0.1) is 30.2 Å². The summed E-state index contributed by atoms with van der Waals surface area (Å²) in [7, 11) is 3.30. The highest BCUT2D eigenvalue weighted by Gasteiger charge is 2.75. The maximum atomic E-state index is 13.5. The largest absolute Gasteiger partial charge is 0.493 e. The molecule has 2 aromatic rings. The minimum absolute atomic E-state index is 0.0138. The quantitative estimate of drug-likeness (QED) is 0.362. The van der Waals surface area contributed by atoms with Crippen molar-refractivity contribution in [1.29, 1.82) is 0 Å². The van der Waals surface area contributed by atoms with E-state index in [9.17, 15) is 22.8 Å². The summed E-state index contributed by atoms with van der Waals surface area (Å²) < 4.78 is 58.0. The molecule has 7 rings (SSSR count). The van der Waals surface area contributed by atoms with Gasteiger partial charge in [0.2, 0.25) is 0 Å². The first-order chi connectivity index (χ1) is 21.0. The molecule has 2 bridgehead atoms. The number of alkyl halides is 3. The smallest absolute Gasteiger partial charge is 0.416 e. The first-order valence-corrected chi connectivity index (χ1v) is 15.2. The lowest BCUT2D eigenvalue weighted by Gasteiger charge is -2.65. The summed E-state index contributed by atoms with van der Waals surface area (Å²) in [5, 5.41) is 0. The van der Waals surface area contributed by atoms with Gasteiger partial charge in [-0.25, -0.2) is 0 Å². The molecule has 5 aliphatic rings. The molecule has 1 spiro atoms. The van der Waals surface area contributed by atoms with Crippen molar-refractivity contribution in [2.75, 3.05) is 27.2 Å². The van der Waals surface area contributed by atoms with Crippen LogP contribution in [-0.4, -0.2) is 72.7 Å². The zero-order chi connectivity index (χ0) is 31.0. The minimum atomic E-state index is -4.45. The molecule has 5 atom stereocenters. The maximum absolute atomic E-state index is 13.5. The summed E-state index contributed by atoms with van der Waals surface area (Å²) in [4.78, 5) is 30.5. The van der Waals surface area contributed by atoms with Crippen molar-refractivity contribution < 1.29 is 37.0 Å². The van der Waals surface area contributed by atoms with E-state index in [4.69, 9.17) is 14.2 Å². The number of likely N-dealkylation sites (N-methyl/N-ethyl adjacent to an activating group) is 1. The van der Waals surface area contributed by atoms with E-state index in [1.807, 2.05) is 6.07 Å². The van der Waals surface area contributed by atoms with Crippen LogP contribution in [-0.2, 0) is 32.3 Å². The molecular weight excluding hydrogens is 573 g/mol. The zero-order valence-electron chi connectivity index (χ0n) is 25.0. The highest BCUT2D eigenvalue weighted by molar-refractivity contribution is 5.94. The number of hydrogen-bond donors (Lipinski definition) is 0. The van der Waals surface area contributed by atoms with Gasteiger partial charge in [-0.05, 0) is 86.9 Å². The second-order valence-electron chi connectivity index (χ2n) is 12.9. The average molecular weight is 609 g/mol. The van der Waals surface area contributed by atoms with E-state index in [1.165, 1.54) is 31.9 Å². The summed E-state index contributed by atoms with van der Waals surface area (Å²) in [6.45, 7) is 3.28. The number of esters is 1. The second kappa shape index (κ2) is 10.2. The fourth-order valence-electron chi connectivity index (χ4n) is 8.54. The maximum Gasteiger partial charge on any atom is 0.416 e. The van der Waals surface area contributed by atoms with Crippen LogP contribution in [0.2, 0.25) is 0 Å². The Bertz CT molecular complexity index is 1580. The molecule has 2 heterocycles. The Labute approximate surface area is 254 Å². The Morgan fingerprint density at radius 2 is 1.86 bits per heavy atom. The molecule has 0 aromatic heterocycles. The van der Waals surface area contributed by atoms with Crippen LogP contribution in [0.3, 0.4) is 0 Å². The van der Waals surface area contributed by atoms with Gasteiger partial charge in [-0.3, -0.25) is 14.5 Å². The zero-order valence-corrected chi connectivity index (χ0v) is 25.0. The van der Waals surface area contributed by atoms with Crippen LogP contribution >= 0.6 is 0 Å². The van der Waals surface area contributed by atoms with E-state index in [0.717, 1.165) is 42.8 Å². The van der Waals surface area contributed by atoms with E-state index >= 15 is 0 Å². The number of likely N-dealkylation sites (tertiary alicyclic amines) is 1. The van der Waals surface area contributed by atoms with E-state index in [1.54, 1.807) is 19.1 Å². The SMILES string of the molecule is COc1ccc2c3c1O[C@H]1[C@H](N(C)C(=O)C#Cc4ccc(C(F)(F)F)cc4)CC[C@@]4(OC(C)=O)[C@@H](C2)N(CC2CC2)CC[C@]314. The molecule has 10 heteroatoms. The first kappa shape index (κ1) is 29.0. The Hall–Kier alpha value is -3.71. The molecule has 0 unspecified atom stereocenters. The van der Waals surface area contributed by atoms with Crippen LogP contribution in [0.1, 0.15) is 61.3 Å². The summed E-state index contributed by atoms with van der Waals surface area (Å²) in [5.41, 5.74) is 0.228. The summed E-state index contributed by atoms with van der Waals surface area (Å²) in [6.07, 6.45) is 0.0266. The molecule has 3 aliphatic carbocycles. The molecule has 2 aliphatic heterocycles. The molecule has 44 heavy (non-hydrogen) atoms. The van der Waals surface area contributed by atoms with Gasteiger partial charge in [-0.15, -0.1) is 0 Å². The number of halogens is 3. The van der Waals surface area contributed by atoms with Crippen LogP contribution in [0.5, 0.6) is 11.5 Å². The van der Waals surface area contributed by atoms with Crippen LogP contribution in [0, 0.1) is 17.8 Å². The Balaban J connectivity index is 1.26. The number of methoxy groups -OCH3 is 1. The molecule has 2 aromatic carbocycles. The lowest BCUT2D eigenvalue weighted by atomic mass is 9.48. The number of piperidine rings is 1. The Morgan fingerprint density at radius 3 is 2.52 bits per heavy atom. The Kier molecular flexibility index (Phi) is 6.70. The van der Waals surface area contributed by atoms with E-state index in [-0.39, 0.29) is 18.1 Å². The minimum Gasteiger partial charge on any atom is -0.493 e. The van der Waals surface area contributed by atoms with Gasteiger partial charge in [0.1, 0.15) is 11.7 Å². The van der Waals surface area contributed by atoms with Crippen LogP contribution < -0.4 is 9.47 Å². The third kappa shape index (κ3) is 4.30. The lowest BCUT2D eigenvalue weighted by molar-refractivity contribution is -0.223. The molecular formula is C34H35F3N2O5. The van der Waals surface area contributed by atoms with Gasteiger partial charge in [-0.1, -0.05) is 12.0 Å². The van der Waals surface area contributed by atoms with Gasteiger partial charge in [0.25, 0.3) is 5.91 Å². The van der Waals surface area contributed by atoms with Gasteiger partial charge in [0.15, 0.2) is 11.5 Å². The second-order valence-corrected chi connectivity index (χ2v) is 12.9. The van der Waals surface area contributed by atoms with E-state index in [0.29, 0.717) is 42.2 Å². The number of amides is 1. The number of ether oxygens (including phenoxy) is 3. The normalized spacial score (nSPS) is 29.9. The van der Waals surface area contributed by atoms with Crippen molar-refractivity contribution in [3.63, 3.8) is 0 Å². The highest BCUT2D eigenvalue weighted by atomic mass is 19.4. The molecule has 1 amide bonds. The van der Waals surface area contributed by atoms with E-state index < -0.39 is 34.8 Å². The predicted molar refractivity (Wildman–Crippen MR) is 154 cm³/mol. The third-order valence-electron chi connectivity index (χ3n) is 10.6. The Morgan fingerprint density at radius 1 is 1.11 bits per heavy atom. The van der Waals surface area contributed by atoms with Crippen molar-refractivity contribution in [2.24, 2.45) is 5.92 Å². The fraction of sp³-hybridized carbons (Fsp3) is 0.529. The lowest BCUT2D eigenvalue weighted by Crippen LogP contribution is -2.79. The molecule has 7 nitrogen and oxygen atoms in total. The van der Waals surface area contributed by atoms with Gasteiger partial charge >= 0.3 is 12.1 Å². The van der Waals surface area contributed by atoms with Crippen LogP contribution in [0.15, 0.2) is 36.4 Å². The first-order valence-electron chi connectivity index (χ1n) is 15.2. The van der Waals surface area contributed by atoms with Crippen molar-refractivity contribution in [1.82, 2.24) is 9.80 Å². The van der Waals surface area contributed by atoms with Gasteiger partial charge < -0.3 is 19.1 Å². The topological polar surface area (TPSA) is 68.3 Å². The highest BCUT2D eigenvalue weighted by Crippen LogP contribution is 2.67. The van der Waals surface area contributed by atoms with Gasteiger partial charge in [-0.2, -0.15) is 13.2 Å². The van der Waals surface area contributed by atoms with Crippen molar-refractivity contribution in [3.8, 4) is 23.3 Å². The number of rotatable bonds is 5. The summed E-state index contributed by atoms with van der Waals surface area (Å²) >= 11 is 0. The van der Waals surface area contributed by atoms with Crippen molar-refractivity contribution >= 4 is 11.9 Å². The standard InChI is InChI=1S/C34H35F3N2O5/c1-20(40)44-33-15-14-25(38(2)28(41)13-8-21-6-10-24(11-7-21)34(35,36)37)31-32(33)16-17-39(19-22-4-5-22)27(33)18-23-9-12-26(42-3)30(43-31)29(23)32/h6-7,9-12,22,25,27,31H,4-5,14-19H2,1-3H3/t25-,27-,31+,32+,33-/m1/s1.